The highest BCUT2D eigenvalue weighted by molar-refractivity contribution is 6.03. The highest BCUT2D eigenvalue weighted by Gasteiger charge is 2.40. The number of carbonyl (C=O) groups excluding carboxylic acids is 4. The summed E-state index contributed by atoms with van der Waals surface area (Å²) in [6.45, 7) is 6.90. The average molecular weight is 452 g/mol. The first kappa shape index (κ1) is 24.8. The molecule has 2 aliphatic rings. The fourth-order valence-electron chi connectivity index (χ4n) is 3.61. The molecular weight excluding hydrogens is 424 g/mol. The first-order valence-electron chi connectivity index (χ1n) is 10.2. The molecule has 176 valence electrons. The second-order valence-electron chi connectivity index (χ2n) is 8.56. The summed E-state index contributed by atoms with van der Waals surface area (Å²) in [5.41, 5.74) is -1.29. The molecule has 2 aliphatic heterocycles. The third kappa shape index (κ3) is 5.42. The van der Waals surface area contributed by atoms with Gasteiger partial charge in [0.15, 0.2) is 0 Å². The number of amides is 4. The Bertz CT molecular complexity index is 809. The Kier molecular flexibility index (Phi) is 7.60. The number of carboxylic acid groups (broad SMARTS) is 2. The van der Waals surface area contributed by atoms with E-state index in [0.717, 1.165) is 0 Å². The largest absolute Gasteiger partial charge is 0.478 e. The molecule has 2 saturated heterocycles. The fraction of sp³-hybridized carbons (Fsp3) is 0.600. The highest BCUT2D eigenvalue weighted by Crippen LogP contribution is 2.21. The second-order valence-corrected chi connectivity index (χ2v) is 8.56. The van der Waals surface area contributed by atoms with Gasteiger partial charge in [0.05, 0.1) is 11.1 Å². The van der Waals surface area contributed by atoms with Crippen molar-refractivity contribution in [3.63, 3.8) is 0 Å². The number of piperazine rings is 2. The van der Waals surface area contributed by atoms with Gasteiger partial charge in [-0.2, -0.15) is 0 Å². The maximum Gasteiger partial charge on any atom is 0.332 e. The number of carbonyl (C=O) groups is 6. The maximum absolute atomic E-state index is 12.4. The van der Waals surface area contributed by atoms with Crippen LogP contribution in [0.5, 0.6) is 0 Å². The highest BCUT2D eigenvalue weighted by atomic mass is 16.4. The molecule has 12 nitrogen and oxygen atoms in total. The van der Waals surface area contributed by atoms with Gasteiger partial charge in [-0.25, -0.2) is 9.59 Å². The summed E-state index contributed by atoms with van der Waals surface area (Å²) in [6.07, 6.45) is -1.20. The van der Waals surface area contributed by atoms with Crippen molar-refractivity contribution in [1.29, 1.82) is 0 Å². The summed E-state index contributed by atoms with van der Waals surface area (Å²) < 4.78 is 0. The van der Waals surface area contributed by atoms with Crippen LogP contribution in [0.25, 0.3) is 0 Å². The van der Waals surface area contributed by atoms with Crippen molar-refractivity contribution in [2.45, 2.75) is 64.7 Å². The van der Waals surface area contributed by atoms with Gasteiger partial charge in [0.25, 0.3) is 0 Å². The molecule has 2 fully saturated rings. The first-order valence-corrected chi connectivity index (χ1v) is 10.2. The van der Waals surface area contributed by atoms with Gasteiger partial charge in [-0.15, -0.1) is 0 Å². The molecule has 0 bridgehead atoms. The van der Waals surface area contributed by atoms with Gasteiger partial charge >= 0.3 is 11.9 Å². The molecule has 0 aliphatic carbocycles. The number of nitrogens with one attached hydrogen (secondary N) is 4. The van der Waals surface area contributed by atoms with Crippen LogP contribution >= 0.6 is 0 Å². The van der Waals surface area contributed by atoms with Gasteiger partial charge in [0, 0.05) is 12.8 Å². The number of hydrogen-bond acceptors (Lipinski definition) is 6. The van der Waals surface area contributed by atoms with Crippen LogP contribution in [0.2, 0.25) is 0 Å². The lowest BCUT2D eigenvalue weighted by atomic mass is 9.91. The Hall–Kier alpha value is -3.44. The summed E-state index contributed by atoms with van der Waals surface area (Å²) in [5, 5.41) is 29.1. The molecule has 0 unspecified atom stereocenters. The summed E-state index contributed by atoms with van der Waals surface area (Å²) in [4.78, 5) is 72.9. The van der Waals surface area contributed by atoms with Gasteiger partial charge in [-0.1, -0.05) is 27.7 Å². The predicted molar refractivity (Wildman–Crippen MR) is 109 cm³/mol. The SMILES string of the molecule is CC(C)[C@@H]1NC(=O)[C@H](C/C(C(=O)O)=C(/C[C@@H]2NC(=O)[C@H](C(C)C)NC2=O)C(=O)O)NC1=O. The van der Waals surface area contributed by atoms with Crippen LogP contribution in [-0.4, -0.2) is 69.9 Å². The van der Waals surface area contributed by atoms with Crippen molar-refractivity contribution < 1.29 is 39.0 Å². The number of hydrogen-bond donors (Lipinski definition) is 6. The van der Waals surface area contributed by atoms with Crippen molar-refractivity contribution >= 4 is 35.6 Å². The van der Waals surface area contributed by atoms with Crippen molar-refractivity contribution in [2.24, 2.45) is 11.8 Å². The molecule has 4 atom stereocenters. The molecule has 0 saturated carbocycles. The normalized spacial score (nSPS) is 26.7. The third-order valence-electron chi connectivity index (χ3n) is 5.46. The molecular formula is C20H28N4O8. The van der Waals surface area contributed by atoms with E-state index in [1.165, 1.54) is 0 Å². The molecule has 0 aromatic rings. The van der Waals surface area contributed by atoms with Gasteiger partial charge < -0.3 is 31.5 Å². The first-order chi connectivity index (χ1) is 14.8. The molecule has 4 amide bonds. The lowest BCUT2D eigenvalue weighted by Gasteiger charge is -2.33. The molecule has 0 spiro atoms. The quantitative estimate of drug-likeness (QED) is 0.240. The van der Waals surface area contributed by atoms with Crippen LogP contribution < -0.4 is 21.3 Å². The Labute approximate surface area is 184 Å². The minimum absolute atomic E-state index is 0.202. The fourth-order valence-corrected chi connectivity index (χ4v) is 3.61. The molecule has 2 heterocycles. The standard InChI is InChI=1S/C20H28N4O8/c1-7(2)13-17(27)21-11(15(25)23-13)5-9(19(29)30)10(20(31)32)6-12-16(26)24-14(8(3)4)18(28)22-12/h7-8,11-14H,5-6H2,1-4H3,(H,21,27)(H,22,28)(H,23,25)(H,24,26)(H,29,30)(H,31,32)/b10-9+/t11-,12-,13-,14-/m0/s1. The van der Waals surface area contributed by atoms with E-state index in [0.29, 0.717) is 0 Å². The third-order valence-corrected chi connectivity index (χ3v) is 5.46. The van der Waals surface area contributed by atoms with E-state index in [4.69, 9.17) is 0 Å². The molecule has 32 heavy (non-hydrogen) atoms. The van der Waals surface area contributed by atoms with Crippen molar-refractivity contribution in [3.8, 4) is 0 Å². The van der Waals surface area contributed by atoms with Crippen LogP contribution in [0.3, 0.4) is 0 Å². The predicted octanol–water partition coefficient (Wildman–Crippen LogP) is -1.49. The Morgan fingerprint density at radius 1 is 0.656 bits per heavy atom. The zero-order valence-corrected chi connectivity index (χ0v) is 18.2. The molecule has 0 aromatic heterocycles. The monoisotopic (exact) mass is 452 g/mol. The van der Waals surface area contributed by atoms with Crippen LogP contribution in [0.4, 0.5) is 0 Å². The number of aliphatic carboxylic acids is 2. The molecule has 6 N–H and O–H groups in total. The molecule has 12 heteroatoms. The average Bonchev–Trinajstić information content (AvgIpc) is 2.67. The van der Waals surface area contributed by atoms with Crippen molar-refractivity contribution in [3.05, 3.63) is 11.1 Å². The van der Waals surface area contributed by atoms with E-state index >= 15 is 0 Å². The van der Waals surface area contributed by atoms with Crippen molar-refractivity contribution in [2.75, 3.05) is 0 Å². The van der Waals surface area contributed by atoms with Gasteiger partial charge in [0.2, 0.25) is 23.6 Å². The van der Waals surface area contributed by atoms with Gasteiger partial charge in [0.1, 0.15) is 24.2 Å². The Morgan fingerprint density at radius 2 is 0.969 bits per heavy atom. The van der Waals surface area contributed by atoms with Crippen LogP contribution in [-0.2, 0) is 28.8 Å². The number of rotatable bonds is 8. The summed E-state index contributed by atoms with van der Waals surface area (Å²) in [5.74, 6) is -5.93. The zero-order valence-electron chi connectivity index (χ0n) is 18.2. The van der Waals surface area contributed by atoms with E-state index in [1.807, 2.05) is 0 Å². The topological polar surface area (TPSA) is 191 Å². The smallest absolute Gasteiger partial charge is 0.332 e. The molecule has 0 radical (unpaired) electrons. The molecule has 0 aromatic carbocycles. The molecule has 2 rings (SSSR count). The zero-order chi connectivity index (χ0) is 24.3. The minimum atomic E-state index is -1.61. The summed E-state index contributed by atoms with van der Waals surface area (Å²) in [7, 11) is 0. The Morgan fingerprint density at radius 3 is 1.22 bits per heavy atom. The van der Waals surface area contributed by atoms with E-state index in [2.05, 4.69) is 21.3 Å². The van der Waals surface area contributed by atoms with Crippen LogP contribution in [0, 0.1) is 11.8 Å². The van der Waals surface area contributed by atoms with Gasteiger partial charge in [-0.3, -0.25) is 19.2 Å². The van der Waals surface area contributed by atoms with Crippen LogP contribution in [0.1, 0.15) is 40.5 Å². The Balaban J connectivity index is 2.29. The second kappa shape index (κ2) is 9.79. The number of carboxylic acids is 2. The van der Waals surface area contributed by atoms with Gasteiger partial charge in [-0.05, 0) is 11.8 Å². The van der Waals surface area contributed by atoms with E-state index < -0.39 is 83.7 Å². The lowest BCUT2D eigenvalue weighted by Crippen LogP contribution is -2.63. The summed E-state index contributed by atoms with van der Waals surface area (Å²) in [6, 6.07) is -4.16. The van der Waals surface area contributed by atoms with E-state index in [1.54, 1.807) is 27.7 Å². The van der Waals surface area contributed by atoms with Crippen LogP contribution in [0.15, 0.2) is 11.1 Å². The summed E-state index contributed by atoms with van der Waals surface area (Å²) >= 11 is 0. The lowest BCUT2D eigenvalue weighted by molar-refractivity contribution is -0.139. The van der Waals surface area contributed by atoms with E-state index in [9.17, 15) is 39.0 Å². The van der Waals surface area contributed by atoms with Crippen molar-refractivity contribution in [1.82, 2.24) is 21.3 Å². The van der Waals surface area contributed by atoms with E-state index in [-0.39, 0.29) is 11.8 Å². The minimum Gasteiger partial charge on any atom is -0.478 e. The maximum atomic E-state index is 12.4.